The summed E-state index contributed by atoms with van der Waals surface area (Å²) in [6.45, 7) is 2.29. The van der Waals surface area contributed by atoms with Gasteiger partial charge in [-0.3, -0.25) is 4.90 Å². The van der Waals surface area contributed by atoms with Gasteiger partial charge in [0.05, 0.1) is 24.3 Å². The number of morpholine rings is 1. The molecule has 3 aliphatic heterocycles. The van der Waals surface area contributed by atoms with E-state index in [1.165, 1.54) is 13.0 Å². The maximum atomic E-state index is 5.94. The van der Waals surface area contributed by atoms with Crippen molar-refractivity contribution in [2.45, 2.75) is 30.7 Å². The second kappa shape index (κ2) is 1.55. The molecule has 0 aromatic heterocycles. The number of hydrogen-bond acceptors (Lipinski definition) is 3. The number of hydrogen-bond donors (Lipinski definition) is 1. The van der Waals surface area contributed by atoms with E-state index in [1.54, 1.807) is 0 Å². The van der Waals surface area contributed by atoms with Crippen molar-refractivity contribution in [1.82, 2.24) is 4.90 Å². The fourth-order valence-electron chi connectivity index (χ4n) is 2.63. The van der Waals surface area contributed by atoms with Gasteiger partial charge in [0.2, 0.25) is 0 Å². The van der Waals surface area contributed by atoms with Gasteiger partial charge >= 0.3 is 0 Å². The molecule has 2 N–H and O–H groups in total. The lowest BCUT2D eigenvalue weighted by Crippen LogP contribution is -2.38. The molecule has 3 saturated heterocycles. The Morgan fingerprint density at radius 1 is 1.40 bits per heavy atom. The summed E-state index contributed by atoms with van der Waals surface area (Å²) in [6, 6.07) is 0.887. The van der Waals surface area contributed by atoms with Crippen LogP contribution in [0.4, 0.5) is 0 Å². The molecule has 0 spiro atoms. The van der Waals surface area contributed by atoms with Crippen LogP contribution in [-0.4, -0.2) is 42.3 Å². The number of nitrogens with two attached hydrogens (primary N) is 1. The van der Waals surface area contributed by atoms with Crippen LogP contribution in [0.2, 0.25) is 0 Å². The third-order valence-electron chi connectivity index (χ3n) is 3.09. The monoisotopic (exact) mass is 140 g/mol. The highest BCUT2D eigenvalue weighted by Crippen LogP contribution is 2.38. The third-order valence-corrected chi connectivity index (χ3v) is 3.09. The van der Waals surface area contributed by atoms with Crippen LogP contribution < -0.4 is 5.73 Å². The summed E-state index contributed by atoms with van der Waals surface area (Å²) in [5, 5.41) is 0. The van der Waals surface area contributed by atoms with Crippen LogP contribution >= 0.6 is 0 Å². The molecule has 0 saturated carbocycles. The molecule has 3 heteroatoms. The van der Waals surface area contributed by atoms with Crippen molar-refractivity contribution in [2.24, 2.45) is 5.73 Å². The highest BCUT2D eigenvalue weighted by molar-refractivity contribution is 5.10. The van der Waals surface area contributed by atoms with Gasteiger partial charge < -0.3 is 10.5 Å². The van der Waals surface area contributed by atoms with Crippen LogP contribution in [0.3, 0.4) is 0 Å². The van der Waals surface area contributed by atoms with Gasteiger partial charge in [-0.05, 0) is 6.42 Å². The maximum absolute atomic E-state index is 5.94. The summed E-state index contributed by atoms with van der Waals surface area (Å²) in [6.07, 6.45) is 2.04. The summed E-state index contributed by atoms with van der Waals surface area (Å²) in [5.41, 5.74) is 5.94. The number of rotatable bonds is 0. The van der Waals surface area contributed by atoms with E-state index in [4.69, 9.17) is 10.5 Å². The minimum absolute atomic E-state index is 0.312. The Balaban J connectivity index is 2.01. The number of fused-ring (bicyclic) bond motifs is 1. The van der Waals surface area contributed by atoms with Gasteiger partial charge in [-0.2, -0.15) is 0 Å². The van der Waals surface area contributed by atoms with Crippen molar-refractivity contribution in [2.75, 3.05) is 13.1 Å². The first kappa shape index (κ1) is 5.52. The van der Waals surface area contributed by atoms with Crippen molar-refractivity contribution in [3.8, 4) is 0 Å². The predicted octanol–water partition coefficient (Wildman–Crippen LogP) is -0.831. The van der Waals surface area contributed by atoms with Crippen molar-refractivity contribution < 1.29 is 4.74 Å². The van der Waals surface area contributed by atoms with Crippen molar-refractivity contribution in [1.29, 1.82) is 0 Å². The minimum atomic E-state index is 0.312. The molecule has 0 amide bonds. The topological polar surface area (TPSA) is 38.5 Å². The zero-order chi connectivity index (χ0) is 6.72. The average molecular weight is 140 g/mol. The quantitative estimate of drug-likeness (QED) is 0.477. The SMILES string of the molecule is N[C@H]1[C@@H]2[C@H]3CCN2C[C@@H]1O3. The first-order valence-corrected chi connectivity index (χ1v) is 4.01. The van der Waals surface area contributed by atoms with Gasteiger partial charge in [0, 0.05) is 13.1 Å². The summed E-state index contributed by atoms with van der Waals surface area (Å²) in [5.74, 6) is 0. The van der Waals surface area contributed by atoms with E-state index in [9.17, 15) is 0 Å². The van der Waals surface area contributed by atoms with E-state index in [-0.39, 0.29) is 0 Å². The molecule has 4 atom stereocenters. The lowest BCUT2D eigenvalue weighted by atomic mass is 10.1. The molecule has 0 aromatic rings. The van der Waals surface area contributed by atoms with E-state index in [2.05, 4.69) is 4.90 Å². The maximum Gasteiger partial charge on any atom is 0.0873 e. The lowest BCUT2D eigenvalue weighted by molar-refractivity contribution is 0.00885. The molecule has 0 radical (unpaired) electrons. The Kier molecular flexibility index (Phi) is 0.854. The highest BCUT2D eigenvalue weighted by Gasteiger charge is 2.55. The molecular weight excluding hydrogens is 128 g/mol. The molecule has 0 aromatic carbocycles. The molecule has 0 unspecified atom stereocenters. The molecule has 56 valence electrons. The zero-order valence-electron chi connectivity index (χ0n) is 5.86. The van der Waals surface area contributed by atoms with Crippen LogP contribution in [0, 0.1) is 0 Å². The molecule has 10 heavy (non-hydrogen) atoms. The number of ether oxygens (including phenoxy) is 1. The fraction of sp³-hybridized carbons (Fsp3) is 1.00. The highest BCUT2D eigenvalue weighted by atomic mass is 16.5. The van der Waals surface area contributed by atoms with Crippen molar-refractivity contribution >= 4 is 0 Å². The van der Waals surface area contributed by atoms with Crippen LogP contribution in [0.25, 0.3) is 0 Å². The van der Waals surface area contributed by atoms with Crippen LogP contribution in [0.15, 0.2) is 0 Å². The number of nitrogens with zero attached hydrogens (tertiary/aromatic N) is 1. The van der Waals surface area contributed by atoms with Gasteiger partial charge in [0.1, 0.15) is 0 Å². The summed E-state index contributed by atoms with van der Waals surface area (Å²) in [7, 11) is 0. The largest absolute Gasteiger partial charge is 0.370 e. The Morgan fingerprint density at radius 3 is 2.90 bits per heavy atom. The Hall–Kier alpha value is -0.120. The van der Waals surface area contributed by atoms with E-state index < -0.39 is 0 Å². The van der Waals surface area contributed by atoms with E-state index in [0.717, 1.165) is 6.54 Å². The van der Waals surface area contributed by atoms with E-state index in [0.29, 0.717) is 24.3 Å². The van der Waals surface area contributed by atoms with Gasteiger partial charge in [0.25, 0.3) is 0 Å². The first-order valence-electron chi connectivity index (χ1n) is 4.01. The molecule has 2 bridgehead atoms. The standard InChI is InChI=1S/C7H12N2O/c8-6-5-3-9-2-1-4(10-5)7(6)9/h4-7H,1-3,8H2/t4-,5+,6-,7+/m1/s1. The Labute approximate surface area is 60.1 Å². The molecule has 3 rings (SSSR count). The smallest absolute Gasteiger partial charge is 0.0873 e. The second-order valence-corrected chi connectivity index (χ2v) is 3.56. The Bertz CT molecular complexity index is 156. The second-order valence-electron chi connectivity index (χ2n) is 3.56. The molecule has 3 aliphatic rings. The molecule has 3 fully saturated rings. The summed E-state index contributed by atoms with van der Waals surface area (Å²) >= 11 is 0. The lowest BCUT2D eigenvalue weighted by Gasteiger charge is -2.21. The van der Waals surface area contributed by atoms with Gasteiger partial charge in [0.15, 0.2) is 0 Å². The Morgan fingerprint density at radius 2 is 2.30 bits per heavy atom. The summed E-state index contributed by atoms with van der Waals surface area (Å²) in [4.78, 5) is 2.48. The van der Waals surface area contributed by atoms with E-state index >= 15 is 0 Å². The van der Waals surface area contributed by atoms with Crippen LogP contribution in [0.5, 0.6) is 0 Å². The zero-order valence-corrected chi connectivity index (χ0v) is 5.86. The normalized spacial score (nSPS) is 58.5. The van der Waals surface area contributed by atoms with Crippen LogP contribution in [0.1, 0.15) is 6.42 Å². The van der Waals surface area contributed by atoms with Gasteiger partial charge in [-0.25, -0.2) is 0 Å². The van der Waals surface area contributed by atoms with Gasteiger partial charge in [-0.15, -0.1) is 0 Å². The van der Waals surface area contributed by atoms with Gasteiger partial charge in [-0.1, -0.05) is 0 Å². The van der Waals surface area contributed by atoms with E-state index in [1.807, 2.05) is 0 Å². The molecule has 3 heterocycles. The van der Waals surface area contributed by atoms with Crippen LogP contribution in [-0.2, 0) is 4.74 Å². The van der Waals surface area contributed by atoms with Crippen molar-refractivity contribution in [3.63, 3.8) is 0 Å². The summed E-state index contributed by atoms with van der Waals surface area (Å²) < 4.78 is 5.70. The minimum Gasteiger partial charge on any atom is -0.370 e. The predicted molar refractivity (Wildman–Crippen MR) is 36.6 cm³/mol. The fourth-order valence-corrected chi connectivity index (χ4v) is 2.63. The molecule has 0 aliphatic carbocycles. The molecule has 3 nitrogen and oxygen atoms in total. The first-order chi connectivity index (χ1) is 4.86. The average Bonchev–Trinajstić information content (AvgIpc) is 2.44. The van der Waals surface area contributed by atoms with Crippen molar-refractivity contribution in [3.05, 3.63) is 0 Å². The molecular formula is C7H12N2O. The third kappa shape index (κ3) is 0.447.